The topological polar surface area (TPSA) is 66.5 Å². The van der Waals surface area contributed by atoms with Gasteiger partial charge in [0.05, 0.1) is 18.9 Å². The molecule has 2 heterocycles. The highest BCUT2D eigenvalue weighted by molar-refractivity contribution is 5.89. The Kier molecular flexibility index (Phi) is 3.14. The van der Waals surface area contributed by atoms with Gasteiger partial charge in [0.25, 0.3) is 0 Å². The van der Waals surface area contributed by atoms with Gasteiger partial charge in [0, 0.05) is 19.2 Å². The van der Waals surface area contributed by atoms with Crippen molar-refractivity contribution >= 4 is 11.7 Å². The van der Waals surface area contributed by atoms with Crippen LogP contribution in [0.15, 0.2) is 12.3 Å². The van der Waals surface area contributed by atoms with Crippen molar-refractivity contribution in [3.8, 4) is 0 Å². The second-order valence-electron chi connectivity index (χ2n) is 3.84. The van der Waals surface area contributed by atoms with E-state index in [0.29, 0.717) is 31.1 Å². The number of aryl methyl sites for hydroxylation is 1. The van der Waals surface area contributed by atoms with Crippen LogP contribution < -0.4 is 5.73 Å². The number of carbonyl (C=O) groups excluding carboxylic acids is 1. The number of hydrogen-bond donors (Lipinski definition) is 1. The Bertz CT molecular complexity index is 381. The van der Waals surface area contributed by atoms with Crippen LogP contribution in [0, 0.1) is 0 Å². The molecule has 1 aromatic heterocycles. The molecule has 5 nitrogen and oxygen atoms in total. The smallest absolute Gasteiger partial charge is 0.355 e. The summed E-state index contributed by atoms with van der Waals surface area (Å²) in [4.78, 5) is 11.8. The van der Waals surface area contributed by atoms with Crippen molar-refractivity contribution in [1.82, 2.24) is 4.57 Å². The van der Waals surface area contributed by atoms with Crippen molar-refractivity contribution in [3.05, 3.63) is 18.0 Å². The molecule has 0 aliphatic carbocycles. The lowest BCUT2D eigenvalue weighted by Crippen LogP contribution is -2.20. The zero-order valence-electron chi connectivity index (χ0n) is 9.31. The van der Waals surface area contributed by atoms with Crippen LogP contribution in [0.3, 0.4) is 0 Å². The molecule has 16 heavy (non-hydrogen) atoms. The average molecular weight is 224 g/mol. The Morgan fingerprint density at radius 1 is 1.75 bits per heavy atom. The van der Waals surface area contributed by atoms with E-state index in [2.05, 4.69) is 0 Å². The van der Waals surface area contributed by atoms with Gasteiger partial charge in [0.15, 0.2) is 0 Å². The standard InChI is InChI=1S/C11H16N2O3/c1-2-13-6-8(12)5-10(13)11(14)16-9-3-4-15-7-9/h5-6,9H,2-4,7,12H2,1H3. The molecule has 0 saturated carbocycles. The van der Waals surface area contributed by atoms with Crippen molar-refractivity contribution in [2.24, 2.45) is 0 Å². The second-order valence-corrected chi connectivity index (χ2v) is 3.84. The first-order chi connectivity index (χ1) is 7.70. The van der Waals surface area contributed by atoms with Crippen LogP contribution in [0.25, 0.3) is 0 Å². The van der Waals surface area contributed by atoms with Crippen molar-refractivity contribution in [2.45, 2.75) is 26.0 Å². The zero-order chi connectivity index (χ0) is 11.5. The summed E-state index contributed by atoms with van der Waals surface area (Å²) in [5.41, 5.74) is 6.73. The SMILES string of the molecule is CCn1cc(N)cc1C(=O)OC1CCOC1. The summed E-state index contributed by atoms with van der Waals surface area (Å²) in [5.74, 6) is -0.325. The Morgan fingerprint density at radius 3 is 3.19 bits per heavy atom. The van der Waals surface area contributed by atoms with Gasteiger partial charge in [-0.05, 0) is 13.0 Å². The fraction of sp³-hybridized carbons (Fsp3) is 0.545. The number of rotatable bonds is 3. The van der Waals surface area contributed by atoms with Crippen LogP contribution >= 0.6 is 0 Å². The van der Waals surface area contributed by atoms with Crippen molar-refractivity contribution in [2.75, 3.05) is 18.9 Å². The summed E-state index contributed by atoms with van der Waals surface area (Å²) in [7, 11) is 0. The molecule has 5 heteroatoms. The minimum Gasteiger partial charge on any atom is -0.455 e. The highest BCUT2D eigenvalue weighted by Gasteiger charge is 2.22. The predicted octanol–water partition coefficient (Wildman–Crippen LogP) is 1.04. The molecule has 2 N–H and O–H groups in total. The lowest BCUT2D eigenvalue weighted by Gasteiger charge is -2.11. The maximum Gasteiger partial charge on any atom is 0.355 e. The first kappa shape index (κ1) is 11.0. The molecule has 1 saturated heterocycles. The third-order valence-corrected chi connectivity index (χ3v) is 2.63. The molecule has 1 fully saturated rings. The van der Waals surface area contributed by atoms with E-state index in [0.717, 1.165) is 6.42 Å². The summed E-state index contributed by atoms with van der Waals surface area (Å²) in [6.07, 6.45) is 2.39. The average Bonchev–Trinajstić information content (AvgIpc) is 2.86. The molecule has 0 radical (unpaired) electrons. The quantitative estimate of drug-likeness (QED) is 0.779. The van der Waals surface area contributed by atoms with Crippen molar-refractivity contribution < 1.29 is 14.3 Å². The maximum atomic E-state index is 11.8. The molecule has 1 unspecified atom stereocenters. The molecule has 0 amide bonds. The molecule has 2 rings (SSSR count). The second kappa shape index (κ2) is 4.57. The lowest BCUT2D eigenvalue weighted by atomic mass is 10.3. The molecule has 1 atom stereocenters. The van der Waals surface area contributed by atoms with Gasteiger partial charge in [-0.25, -0.2) is 4.79 Å². The number of nitrogen functional groups attached to an aromatic ring is 1. The number of carbonyl (C=O) groups is 1. The Morgan fingerprint density at radius 2 is 2.56 bits per heavy atom. The monoisotopic (exact) mass is 224 g/mol. The minimum atomic E-state index is -0.325. The van der Waals surface area contributed by atoms with E-state index in [4.69, 9.17) is 15.2 Å². The predicted molar refractivity (Wildman–Crippen MR) is 59.2 cm³/mol. The van der Waals surface area contributed by atoms with Gasteiger partial charge >= 0.3 is 5.97 Å². The largest absolute Gasteiger partial charge is 0.455 e. The molecular formula is C11H16N2O3. The molecular weight excluding hydrogens is 208 g/mol. The van der Waals surface area contributed by atoms with Gasteiger partial charge in [-0.15, -0.1) is 0 Å². The van der Waals surface area contributed by atoms with Gasteiger partial charge in [-0.1, -0.05) is 0 Å². The van der Waals surface area contributed by atoms with E-state index in [1.165, 1.54) is 0 Å². The first-order valence-electron chi connectivity index (χ1n) is 5.45. The zero-order valence-corrected chi connectivity index (χ0v) is 9.31. The van der Waals surface area contributed by atoms with Gasteiger partial charge in [0.1, 0.15) is 11.8 Å². The van der Waals surface area contributed by atoms with Crippen molar-refractivity contribution in [1.29, 1.82) is 0 Å². The van der Waals surface area contributed by atoms with Gasteiger partial charge < -0.3 is 19.8 Å². The fourth-order valence-electron chi connectivity index (χ4n) is 1.78. The van der Waals surface area contributed by atoms with Gasteiger partial charge in [-0.3, -0.25) is 0 Å². The van der Waals surface area contributed by atoms with E-state index in [1.54, 1.807) is 16.8 Å². The molecule has 1 aliphatic heterocycles. The first-order valence-corrected chi connectivity index (χ1v) is 5.45. The molecule has 0 bridgehead atoms. The fourth-order valence-corrected chi connectivity index (χ4v) is 1.78. The molecule has 0 spiro atoms. The van der Waals surface area contributed by atoms with E-state index in [9.17, 15) is 4.79 Å². The van der Waals surface area contributed by atoms with Crippen LogP contribution in [0.4, 0.5) is 5.69 Å². The van der Waals surface area contributed by atoms with E-state index in [1.807, 2.05) is 6.92 Å². The van der Waals surface area contributed by atoms with Crippen LogP contribution in [0.2, 0.25) is 0 Å². The highest BCUT2D eigenvalue weighted by atomic mass is 16.6. The molecule has 1 aromatic rings. The third-order valence-electron chi connectivity index (χ3n) is 2.63. The van der Waals surface area contributed by atoms with Crippen molar-refractivity contribution in [3.63, 3.8) is 0 Å². The number of nitrogens with two attached hydrogens (primary N) is 1. The van der Waals surface area contributed by atoms with E-state index in [-0.39, 0.29) is 12.1 Å². The number of anilines is 1. The summed E-state index contributed by atoms with van der Waals surface area (Å²) in [6.45, 7) is 3.81. The number of nitrogens with zero attached hydrogens (tertiary/aromatic N) is 1. The van der Waals surface area contributed by atoms with Crippen LogP contribution in [-0.4, -0.2) is 29.9 Å². The van der Waals surface area contributed by atoms with E-state index < -0.39 is 0 Å². The number of ether oxygens (including phenoxy) is 2. The number of esters is 1. The number of hydrogen-bond acceptors (Lipinski definition) is 4. The highest BCUT2D eigenvalue weighted by Crippen LogP contribution is 2.15. The Hall–Kier alpha value is -1.49. The molecule has 1 aliphatic rings. The van der Waals surface area contributed by atoms with Crippen LogP contribution in [0.1, 0.15) is 23.8 Å². The van der Waals surface area contributed by atoms with Gasteiger partial charge in [-0.2, -0.15) is 0 Å². The summed E-state index contributed by atoms with van der Waals surface area (Å²) in [5, 5.41) is 0. The molecule has 0 aromatic carbocycles. The third kappa shape index (κ3) is 2.19. The van der Waals surface area contributed by atoms with Crippen LogP contribution in [-0.2, 0) is 16.0 Å². The normalized spacial score (nSPS) is 19.9. The van der Waals surface area contributed by atoms with E-state index >= 15 is 0 Å². The summed E-state index contributed by atoms with van der Waals surface area (Å²) < 4.78 is 12.2. The minimum absolute atomic E-state index is 0.117. The summed E-state index contributed by atoms with van der Waals surface area (Å²) in [6, 6.07) is 1.64. The van der Waals surface area contributed by atoms with Gasteiger partial charge in [0.2, 0.25) is 0 Å². The maximum absolute atomic E-state index is 11.8. The summed E-state index contributed by atoms with van der Waals surface area (Å²) >= 11 is 0. The molecule has 88 valence electrons. The Balaban J connectivity index is 2.07. The number of aromatic nitrogens is 1. The Labute approximate surface area is 94.1 Å². The van der Waals surface area contributed by atoms with Crippen LogP contribution in [0.5, 0.6) is 0 Å². The lowest BCUT2D eigenvalue weighted by molar-refractivity contribution is 0.0259.